The summed E-state index contributed by atoms with van der Waals surface area (Å²) in [6, 6.07) is 3.92. The van der Waals surface area contributed by atoms with Gasteiger partial charge in [-0.2, -0.15) is 0 Å². The van der Waals surface area contributed by atoms with E-state index in [4.69, 9.17) is 4.74 Å². The summed E-state index contributed by atoms with van der Waals surface area (Å²) in [4.78, 5) is 0. The van der Waals surface area contributed by atoms with Gasteiger partial charge < -0.3 is 17.7 Å². The minimum Gasteiger partial charge on any atom is -0.494 e. The van der Waals surface area contributed by atoms with Gasteiger partial charge in [-0.15, -0.1) is 5.46 Å². The zero-order valence-electron chi connectivity index (χ0n) is 9.47. The lowest BCUT2D eigenvalue weighted by Crippen LogP contribution is -2.35. The van der Waals surface area contributed by atoms with Crippen molar-refractivity contribution < 1.29 is 17.7 Å². The summed E-state index contributed by atoms with van der Waals surface area (Å²) in [7, 11) is 0. The maximum Gasteiger partial charge on any atom is 0.509 e. The Balaban J connectivity index is 2.75. The molecule has 0 atom stereocenters. The third-order valence-corrected chi connectivity index (χ3v) is 2.36. The first kappa shape index (κ1) is 12.9. The fourth-order valence-corrected chi connectivity index (χ4v) is 1.44. The summed E-state index contributed by atoms with van der Waals surface area (Å²) in [5, 5.41) is 0. The van der Waals surface area contributed by atoms with E-state index in [0.29, 0.717) is 12.4 Å². The predicted molar refractivity (Wildman–Crippen MR) is 60.3 cm³/mol. The smallest absolute Gasteiger partial charge is 0.494 e. The van der Waals surface area contributed by atoms with E-state index in [9.17, 15) is 12.9 Å². The molecule has 0 amide bonds. The van der Waals surface area contributed by atoms with Crippen molar-refractivity contribution in [1.29, 1.82) is 0 Å². The van der Waals surface area contributed by atoms with Crippen molar-refractivity contribution >= 4 is 12.4 Å². The molecule has 0 aliphatic rings. The maximum atomic E-state index is 12.5. The molecule has 0 aliphatic heterocycles. The van der Waals surface area contributed by atoms with Crippen LogP contribution in [-0.2, 0) is 0 Å². The van der Waals surface area contributed by atoms with Crippen molar-refractivity contribution in [2.75, 3.05) is 6.61 Å². The highest BCUT2D eigenvalue weighted by Crippen LogP contribution is 2.17. The quantitative estimate of drug-likeness (QED) is 0.558. The van der Waals surface area contributed by atoms with Crippen LogP contribution in [0, 0.1) is 6.92 Å². The second-order valence-corrected chi connectivity index (χ2v) is 3.80. The van der Waals surface area contributed by atoms with Crippen LogP contribution in [-0.4, -0.2) is 13.6 Å². The van der Waals surface area contributed by atoms with Gasteiger partial charge in [0.05, 0.1) is 6.61 Å². The number of halogens is 3. The third-order valence-electron chi connectivity index (χ3n) is 2.36. The second-order valence-electron chi connectivity index (χ2n) is 3.80. The molecule has 1 rings (SSSR count). The molecular weight excluding hydrogens is 216 g/mol. The Bertz CT molecular complexity index is 350. The molecule has 16 heavy (non-hydrogen) atoms. The number of hydrogen-bond donors (Lipinski definition) is 0. The molecule has 0 spiro atoms. The Hall–Kier alpha value is -1.13. The Morgan fingerprint density at radius 3 is 2.44 bits per heavy atom. The fraction of sp³-hybridized carbons (Fsp3) is 0.455. The molecule has 0 saturated carbocycles. The largest absolute Gasteiger partial charge is 0.509 e. The van der Waals surface area contributed by atoms with Gasteiger partial charge in [-0.1, -0.05) is 25.0 Å². The Morgan fingerprint density at radius 2 is 1.94 bits per heavy atom. The first-order valence-corrected chi connectivity index (χ1v) is 5.38. The van der Waals surface area contributed by atoms with E-state index in [1.54, 1.807) is 0 Å². The lowest BCUT2D eigenvalue weighted by Gasteiger charge is -2.18. The topological polar surface area (TPSA) is 9.23 Å². The highest BCUT2D eigenvalue weighted by molar-refractivity contribution is 6.74. The van der Waals surface area contributed by atoms with E-state index in [2.05, 4.69) is 0 Å². The van der Waals surface area contributed by atoms with Crippen LogP contribution in [0.15, 0.2) is 18.2 Å². The van der Waals surface area contributed by atoms with Crippen LogP contribution in [0.1, 0.15) is 25.3 Å². The highest BCUT2D eigenvalue weighted by Gasteiger charge is 2.27. The fourth-order valence-electron chi connectivity index (χ4n) is 1.44. The molecule has 1 aromatic carbocycles. The molecule has 5 heteroatoms. The average Bonchev–Trinajstić information content (AvgIpc) is 2.16. The van der Waals surface area contributed by atoms with E-state index >= 15 is 0 Å². The van der Waals surface area contributed by atoms with Gasteiger partial charge in [0.15, 0.2) is 0 Å². The van der Waals surface area contributed by atoms with Crippen LogP contribution in [0.4, 0.5) is 12.9 Å². The summed E-state index contributed by atoms with van der Waals surface area (Å²) in [6.07, 6.45) is 1.91. The van der Waals surface area contributed by atoms with Gasteiger partial charge in [-0.05, 0) is 25.5 Å². The molecule has 0 fully saturated rings. The first-order chi connectivity index (χ1) is 7.45. The van der Waals surface area contributed by atoms with Crippen molar-refractivity contribution in [1.82, 2.24) is 0 Å². The molecule has 1 nitrogen and oxygen atoms in total. The van der Waals surface area contributed by atoms with E-state index in [1.165, 1.54) is 19.1 Å². The van der Waals surface area contributed by atoms with Gasteiger partial charge >= 0.3 is 6.98 Å². The lowest BCUT2D eigenvalue weighted by atomic mass is 9.77. The van der Waals surface area contributed by atoms with Gasteiger partial charge in [0.2, 0.25) is 0 Å². The van der Waals surface area contributed by atoms with E-state index in [1.807, 2.05) is 6.92 Å². The molecule has 0 radical (unpaired) electrons. The number of unbranched alkanes of at least 4 members (excludes halogenated alkanes) is 1. The van der Waals surface area contributed by atoms with Crippen LogP contribution in [0.2, 0.25) is 0 Å². The summed E-state index contributed by atoms with van der Waals surface area (Å²) in [6.45, 7) is -0.884. The molecule has 1 aromatic rings. The zero-order valence-corrected chi connectivity index (χ0v) is 9.47. The number of aryl methyl sites for hydroxylation is 1. The van der Waals surface area contributed by atoms with E-state index < -0.39 is 12.4 Å². The summed E-state index contributed by atoms with van der Waals surface area (Å²) in [5.74, 6) is 0.509. The van der Waals surface area contributed by atoms with Crippen LogP contribution < -0.4 is 10.2 Å². The predicted octanol–water partition coefficient (Wildman–Crippen LogP) is 3.23. The first-order valence-electron chi connectivity index (χ1n) is 5.38. The molecule has 0 aliphatic carbocycles. The zero-order chi connectivity index (χ0) is 12.2. The summed E-state index contributed by atoms with van der Waals surface area (Å²) < 4.78 is 42.9. The normalized spacial score (nSPS) is 11.6. The Morgan fingerprint density at radius 1 is 1.25 bits per heavy atom. The molecular formula is C11H15BF3O-. The molecule has 0 heterocycles. The van der Waals surface area contributed by atoms with Crippen molar-refractivity contribution in [2.24, 2.45) is 0 Å². The van der Waals surface area contributed by atoms with Crippen LogP contribution in [0.5, 0.6) is 5.75 Å². The van der Waals surface area contributed by atoms with Crippen LogP contribution in [0.3, 0.4) is 0 Å². The highest BCUT2D eigenvalue weighted by atomic mass is 19.4. The van der Waals surface area contributed by atoms with Gasteiger partial charge in [-0.3, -0.25) is 0 Å². The van der Waals surface area contributed by atoms with Crippen molar-refractivity contribution in [3.63, 3.8) is 0 Å². The molecule has 0 bridgehead atoms. The number of rotatable bonds is 5. The number of benzene rings is 1. The summed E-state index contributed by atoms with van der Waals surface area (Å²) in [5.41, 5.74) is -0.315. The Labute approximate surface area is 93.7 Å². The molecule has 0 aromatic heterocycles. The maximum absolute atomic E-state index is 12.5. The van der Waals surface area contributed by atoms with Crippen molar-refractivity contribution in [3.8, 4) is 5.75 Å². The van der Waals surface area contributed by atoms with Gasteiger partial charge in [0, 0.05) is 0 Å². The minimum absolute atomic E-state index is 0.224. The molecule has 0 unspecified atom stereocenters. The molecule has 0 N–H and O–H groups in total. The third kappa shape index (κ3) is 3.47. The van der Waals surface area contributed by atoms with Gasteiger partial charge in [-0.25, -0.2) is 0 Å². The van der Waals surface area contributed by atoms with Gasteiger partial charge in [0.25, 0.3) is 0 Å². The SMILES string of the molecule is CCCCOc1ccc([B-](F)(F)F)c(C)c1. The molecule has 90 valence electrons. The van der Waals surface area contributed by atoms with Crippen LogP contribution >= 0.6 is 0 Å². The van der Waals surface area contributed by atoms with Crippen molar-refractivity contribution in [2.45, 2.75) is 26.7 Å². The van der Waals surface area contributed by atoms with Crippen LogP contribution in [0.25, 0.3) is 0 Å². The Kier molecular flexibility index (Phi) is 4.27. The standard InChI is InChI=1S/C11H15BF3O/c1-3-4-7-16-10-5-6-11(9(2)8-10)12(13,14)15/h5-6,8H,3-4,7H2,1-2H3/q-1. The second kappa shape index (κ2) is 5.28. The minimum atomic E-state index is -4.92. The average molecular weight is 231 g/mol. The van der Waals surface area contributed by atoms with Crippen molar-refractivity contribution in [3.05, 3.63) is 23.8 Å². The monoisotopic (exact) mass is 231 g/mol. The van der Waals surface area contributed by atoms with E-state index in [-0.39, 0.29) is 5.56 Å². The lowest BCUT2D eigenvalue weighted by molar-refractivity contribution is 0.309. The number of ether oxygens (including phenoxy) is 1. The molecule has 0 saturated heterocycles. The summed E-state index contributed by atoms with van der Waals surface area (Å²) >= 11 is 0. The number of hydrogen-bond acceptors (Lipinski definition) is 1. The van der Waals surface area contributed by atoms with Gasteiger partial charge in [0.1, 0.15) is 5.75 Å². The van der Waals surface area contributed by atoms with E-state index in [0.717, 1.165) is 18.9 Å².